The molecule has 0 N–H and O–H groups in total. The highest BCUT2D eigenvalue weighted by molar-refractivity contribution is 7.13. The average Bonchev–Trinajstić information content (AvgIpc) is 3.09. The molecule has 1 aliphatic rings. The second-order valence-electron chi connectivity index (χ2n) is 4.52. The molecule has 1 aliphatic heterocycles. The van der Waals surface area contributed by atoms with Crippen LogP contribution < -0.4 is 0 Å². The van der Waals surface area contributed by atoms with Gasteiger partial charge in [0, 0.05) is 20.1 Å². The largest absolute Gasteiger partial charge is 0.337 e. The van der Waals surface area contributed by atoms with Crippen LogP contribution in [0.1, 0.15) is 23.3 Å². The van der Waals surface area contributed by atoms with E-state index in [2.05, 4.69) is 5.10 Å². The lowest BCUT2D eigenvalue weighted by Crippen LogP contribution is -2.28. The van der Waals surface area contributed by atoms with Gasteiger partial charge < -0.3 is 4.90 Å². The van der Waals surface area contributed by atoms with Crippen molar-refractivity contribution in [2.24, 2.45) is 7.05 Å². The maximum Gasteiger partial charge on any atom is 0.274 e. The fourth-order valence-corrected chi connectivity index (χ4v) is 3.08. The zero-order valence-corrected chi connectivity index (χ0v) is 11.1. The van der Waals surface area contributed by atoms with Crippen molar-refractivity contribution in [1.29, 1.82) is 0 Å². The molecule has 0 bridgehead atoms. The highest BCUT2D eigenvalue weighted by Gasteiger charge is 2.22. The van der Waals surface area contributed by atoms with Crippen molar-refractivity contribution in [3.63, 3.8) is 0 Å². The third-order valence-electron chi connectivity index (χ3n) is 3.27. The standard InChI is InChI=1S/C13H15N3OS/c1-15-11(12-5-4-8-18-12)9-10(14-15)13(17)16-6-2-3-7-16/h4-5,8-9H,2-3,6-7H2,1H3. The molecule has 2 aromatic rings. The minimum absolute atomic E-state index is 0.0610. The van der Waals surface area contributed by atoms with Gasteiger partial charge in [-0.05, 0) is 30.4 Å². The molecule has 0 aromatic carbocycles. The van der Waals surface area contributed by atoms with Crippen LogP contribution in [-0.4, -0.2) is 33.7 Å². The molecule has 0 saturated carbocycles. The zero-order chi connectivity index (χ0) is 12.5. The summed E-state index contributed by atoms with van der Waals surface area (Å²) in [5, 5.41) is 6.38. The van der Waals surface area contributed by atoms with Crippen LogP contribution in [0.5, 0.6) is 0 Å². The molecule has 1 fully saturated rings. The molecule has 0 atom stereocenters. The summed E-state index contributed by atoms with van der Waals surface area (Å²) in [6.07, 6.45) is 2.21. The third kappa shape index (κ3) is 1.95. The molecule has 4 nitrogen and oxygen atoms in total. The van der Waals surface area contributed by atoms with Gasteiger partial charge >= 0.3 is 0 Å². The minimum atomic E-state index is 0.0610. The van der Waals surface area contributed by atoms with Crippen LogP contribution >= 0.6 is 11.3 Å². The van der Waals surface area contributed by atoms with Crippen LogP contribution in [0.2, 0.25) is 0 Å². The summed E-state index contributed by atoms with van der Waals surface area (Å²) in [4.78, 5) is 15.3. The van der Waals surface area contributed by atoms with E-state index in [0.29, 0.717) is 5.69 Å². The van der Waals surface area contributed by atoms with Gasteiger partial charge in [0.15, 0.2) is 5.69 Å². The first kappa shape index (κ1) is 11.5. The number of hydrogen-bond acceptors (Lipinski definition) is 3. The number of nitrogens with zero attached hydrogens (tertiary/aromatic N) is 3. The van der Waals surface area contributed by atoms with Gasteiger partial charge in [-0.2, -0.15) is 5.10 Å². The lowest BCUT2D eigenvalue weighted by atomic mass is 10.3. The van der Waals surface area contributed by atoms with Gasteiger partial charge in [0.25, 0.3) is 5.91 Å². The van der Waals surface area contributed by atoms with E-state index in [1.165, 1.54) is 0 Å². The highest BCUT2D eigenvalue weighted by Crippen LogP contribution is 2.25. The summed E-state index contributed by atoms with van der Waals surface area (Å²) in [6.45, 7) is 1.73. The predicted molar refractivity (Wildman–Crippen MR) is 71.7 cm³/mol. The number of aryl methyl sites for hydroxylation is 1. The van der Waals surface area contributed by atoms with Crippen molar-refractivity contribution < 1.29 is 4.79 Å². The molecule has 3 heterocycles. The first-order valence-electron chi connectivity index (χ1n) is 6.13. The van der Waals surface area contributed by atoms with E-state index in [1.807, 2.05) is 35.5 Å². The van der Waals surface area contributed by atoms with E-state index in [4.69, 9.17) is 0 Å². The number of likely N-dealkylation sites (tertiary alicyclic amines) is 1. The SMILES string of the molecule is Cn1nc(C(=O)N2CCCC2)cc1-c1cccs1. The number of hydrogen-bond donors (Lipinski definition) is 0. The quantitative estimate of drug-likeness (QED) is 0.832. The average molecular weight is 261 g/mol. The smallest absolute Gasteiger partial charge is 0.274 e. The minimum Gasteiger partial charge on any atom is -0.337 e. The number of rotatable bonds is 2. The van der Waals surface area contributed by atoms with Gasteiger partial charge in [-0.1, -0.05) is 6.07 Å². The summed E-state index contributed by atoms with van der Waals surface area (Å²) >= 11 is 1.66. The molecular weight excluding hydrogens is 246 g/mol. The molecule has 3 rings (SSSR count). The summed E-state index contributed by atoms with van der Waals surface area (Å²) in [5.74, 6) is 0.0610. The molecule has 0 spiro atoms. The summed E-state index contributed by atoms with van der Waals surface area (Å²) in [6, 6.07) is 5.95. The van der Waals surface area contributed by atoms with Gasteiger partial charge in [0.2, 0.25) is 0 Å². The third-order valence-corrected chi connectivity index (χ3v) is 4.16. The monoisotopic (exact) mass is 261 g/mol. The number of carbonyl (C=O) groups excluding carboxylic acids is 1. The van der Waals surface area contributed by atoms with Gasteiger partial charge in [-0.15, -0.1) is 11.3 Å². The van der Waals surface area contributed by atoms with Crippen molar-refractivity contribution in [3.05, 3.63) is 29.3 Å². The Labute approximate surface area is 110 Å². The van der Waals surface area contributed by atoms with E-state index >= 15 is 0 Å². The van der Waals surface area contributed by atoms with Crippen LogP contribution in [0.25, 0.3) is 10.6 Å². The molecule has 1 amide bonds. The second-order valence-corrected chi connectivity index (χ2v) is 5.46. The first-order chi connectivity index (χ1) is 8.75. The van der Waals surface area contributed by atoms with Crippen molar-refractivity contribution in [3.8, 4) is 10.6 Å². The highest BCUT2D eigenvalue weighted by atomic mass is 32.1. The zero-order valence-electron chi connectivity index (χ0n) is 10.3. The van der Waals surface area contributed by atoms with Crippen LogP contribution in [0, 0.1) is 0 Å². The molecule has 0 unspecified atom stereocenters. The Morgan fingerprint density at radius 3 is 2.83 bits per heavy atom. The van der Waals surface area contributed by atoms with Crippen molar-refractivity contribution >= 4 is 17.2 Å². The number of amides is 1. The van der Waals surface area contributed by atoms with Gasteiger partial charge in [0.1, 0.15) is 0 Å². The van der Waals surface area contributed by atoms with Crippen LogP contribution in [-0.2, 0) is 7.05 Å². The van der Waals surface area contributed by atoms with Crippen molar-refractivity contribution in [2.45, 2.75) is 12.8 Å². The van der Waals surface area contributed by atoms with E-state index in [-0.39, 0.29) is 5.91 Å². The Morgan fingerprint density at radius 1 is 1.39 bits per heavy atom. The molecule has 18 heavy (non-hydrogen) atoms. The summed E-state index contributed by atoms with van der Waals surface area (Å²) < 4.78 is 1.79. The van der Waals surface area contributed by atoms with Crippen LogP contribution in [0.4, 0.5) is 0 Å². The fraction of sp³-hybridized carbons (Fsp3) is 0.385. The Balaban J connectivity index is 1.90. The maximum absolute atomic E-state index is 12.2. The maximum atomic E-state index is 12.2. The van der Waals surface area contributed by atoms with E-state index in [9.17, 15) is 4.79 Å². The van der Waals surface area contributed by atoms with E-state index in [0.717, 1.165) is 36.5 Å². The molecule has 2 aromatic heterocycles. The van der Waals surface area contributed by atoms with Crippen molar-refractivity contribution in [1.82, 2.24) is 14.7 Å². The molecular formula is C13H15N3OS. The molecule has 0 radical (unpaired) electrons. The van der Waals surface area contributed by atoms with Crippen molar-refractivity contribution in [2.75, 3.05) is 13.1 Å². The summed E-state index contributed by atoms with van der Waals surface area (Å²) in [7, 11) is 1.88. The Kier molecular flexibility index (Phi) is 2.91. The Hall–Kier alpha value is -1.62. The lowest BCUT2D eigenvalue weighted by Gasteiger charge is -2.12. The molecule has 0 aliphatic carbocycles. The van der Waals surface area contributed by atoms with Gasteiger partial charge in [-0.3, -0.25) is 9.48 Å². The summed E-state index contributed by atoms with van der Waals surface area (Å²) in [5.41, 5.74) is 1.57. The topological polar surface area (TPSA) is 38.1 Å². The van der Waals surface area contributed by atoms with E-state index in [1.54, 1.807) is 16.0 Å². The Bertz CT molecular complexity index is 553. The number of thiophene rings is 1. The lowest BCUT2D eigenvalue weighted by molar-refractivity contribution is 0.0786. The first-order valence-corrected chi connectivity index (χ1v) is 7.01. The molecule has 94 valence electrons. The molecule has 1 saturated heterocycles. The normalized spacial score (nSPS) is 15.3. The number of aromatic nitrogens is 2. The van der Waals surface area contributed by atoms with Gasteiger partial charge in [-0.25, -0.2) is 0 Å². The van der Waals surface area contributed by atoms with Crippen LogP contribution in [0.3, 0.4) is 0 Å². The van der Waals surface area contributed by atoms with Crippen LogP contribution in [0.15, 0.2) is 23.6 Å². The Morgan fingerprint density at radius 2 is 2.17 bits per heavy atom. The second kappa shape index (κ2) is 4.57. The predicted octanol–water partition coefficient (Wildman–Crippen LogP) is 2.38. The fourth-order valence-electron chi connectivity index (χ4n) is 2.31. The van der Waals surface area contributed by atoms with Gasteiger partial charge in [0.05, 0.1) is 10.6 Å². The molecule has 5 heteroatoms. The van der Waals surface area contributed by atoms with E-state index < -0.39 is 0 Å². The number of carbonyl (C=O) groups is 1.